The van der Waals surface area contributed by atoms with Crippen LogP contribution in [0.3, 0.4) is 0 Å². The van der Waals surface area contributed by atoms with Crippen molar-refractivity contribution >= 4 is 5.97 Å². The molecular weight excluding hydrogens is 216 g/mol. The van der Waals surface area contributed by atoms with Crippen molar-refractivity contribution in [2.24, 2.45) is 17.8 Å². The van der Waals surface area contributed by atoms with E-state index in [1.54, 1.807) is 7.11 Å². The van der Waals surface area contributed by atoms with Gasteiger partial charge in [-0.25, -0.2) is 0 Å². The van der Waals surface area contributed by atoms with Gasteiger partial charge in [0, 0.05) is 7.11 Å². The summed E-state index contributed by atoms with van der Waals surface area (Å²) < 4.78 is 10.1. The van der Waals surface area contributed by atoms with E-state index >= 15 is 0 Å². The van der Waals surface area contributed by atoms with E-state index in [2.05, 4.69) is 27.7 Å². The van der Waals surface area contributed by atoms with Crippen molar-refractivity contribution in [2.75, 3.05) is 20.3 Å². The highest BCUT2D eigenvalue weighted by Gasteiger charge is 2.15. The van der Waals surface area contributed by atoms with Gasteiger partial charge in [0.05, 0.1) is 19.6 Å². The quantitative estimate of drug-likeness (QED) is 0.584. The van der Waals surface area contributed by atoms with E-state index in [0.717, 1.165) is 12.8 Å². The predicted octanol–water partition coefficient (Wildman–Crippen LogP) is 3.27. The van der Waals surface area contributed by atoms with Crippen LogP contribution in [-0.4, -0.2) is 26.3 Å². The molecule has 0 bridgehead atoms. The molecule has 0 aromatic rings. The SMILES string of the molecule is COCCC(=O)OCC(CC(C)C)CC(C)C. The fraction of sp³-hybridized carbons (Fsp3) is 0.929. The van der Waals surface area contributed by atoms with Crippen molar-refractivity contribution in [2.45, 2.75) is 47.0 Å². The Morgan fingerprint density at radius 2 is 1.59 bits per heavy atom. The van der Waals surface area contributed by atoms with Gasteiger partial charge in [0.25, 0.3) is 0 Å². The molecule has 0 aromatic heterocycles. The second-order valence-corrected chi connectivity index (χ2v) is 5.55. The van der Waals surface area contributed by atoms with E-state index in [4.69, 9.17) is 9.47 Å². The first-order chi connectivity index (χ1) is 7.95. The van der Waals surface area contributed by atoms with Crippen LogP contribution in [0.5, 0.6) is 0 Å². The normalized spacial score (nSPS) is 11.5. The van der Waals surface area contributed by atoms with Gasteiger partial charge in [-0.2, -0.15) is 0 Å². The molecule has 102 valence electrons. The van der Waals surface area contributed by atoms with Gasteiger partial charge in [0.1, 0.15) is 0 Å². The van der Waals surface area contributed by atoms with Crippen molar-refractivity contribution < 1.29 is 14.3 Å². The molecule has 0 aromatic carbocycles. The van der Waals surface area contributed by atoms with Gasteiger partial charge in [0.2, 0.25) is 0 Å². The Labute approximate surface area is 106 Å². The molecule has 0 fully saturated rings. The van der Waals surface area contributed by atoms with E-state index in [1.807, 2.05) is 0 Å². The molecule has 0 unspecified atom stereocenters. The zero-order valence-corrected chi connectivity index (χ0v) is 12.0. The minimum atomic E-state index is -0.149. The summed E-state index contributed by atoms with van der Waals surface area (Å²) in [4.78, 5) is 11.4. The molecule has 3 nitrogen and oxygen atoms in total. The van der Waals surface area contributed by atoms with Crippen LogP contribution in [0.25, 0.3) is 0 Å². The van der Waals surface area contributed by atoms with Crippen LogP contribution in [0.15, 0.2) is 0 Å². The second-order valence-electron chi connectivity index (χ2n) is 5.55. The van der Waals surface area contributed by atoms with Crippen molar-refractivity contribution in [1.82, 2.24) is 0 Å². The zero-order valence-electron chi connectivity index (χ0n) is 12.0. The molecule has 0 N–H and O–H groups in total. The molecule has 0 radical (unpaired) electrons. The van der Waals surface area contributed by atoms with Crippen LogP contribution in [-0.2, 0) is 14.3 Å². The molecule has 17 heavy (non-hydrogen) atoms. The van der Waals surface area contributed by atoms with Crippen LogP contribution in [0, 0.1) is 17.8 Å². The summed E-state index contributed by atoms with van der Waals surface area (Å²) in [6.07, 6.45) is 2.60. The number of carbonyl (C=O) groups is 1. The van der Waals surface area contributed by atoms with Crippen molar-refractivity contribution in [3.8, 4) is 0 Å². The maximum absolute atomic E-state index is 11.4. The Kier molecular flexibility index (Phi) is 9.14. The van der Waals surface area contributed by atoms with Crippen LogP contribution in [0.4, 0.5) is 0 Å². The van der Waals surface area contributed by atoms with Crippen LogP contribution in [0.1, 0.15) is 47.0 Å². The molecule has 0 spiro atoms. The molecule has 0 aliphatic heterocycles. The first-order valence-corrected chi connectivity index (χ1v) is 6.60. The van der Waals surface area contributed by atoms with E-state index in [-0.39, 0.29) is 5.97 Å². The summed E-state index contributed by atoms with van der Waals surface area (Å²) in [5, 5.41) is 0. The lowest BCUT2D eigenvalue weighted by atomic mass is 9.90. The third-order valence-electron chi connectivity index (χ3n) is 2.60. The first kappa shape index (κ1) is 16.4. The topological polar surface area (TPSA) is 35.5 Å². The molecule has 0 saturated carbocycles. The van der Waals surface area contributed by atoms with Crippen molar-refractivity contribution in [3.63, 3.8) is 0 Å². The largest absolute Gasteiger partial charge is 0.465 e. The van der Waals surface area contributed by atoms with Crippen molar-refractivity contribution in [3.05, 3.63) is 0 Å². The van der Waals surface area contributed by atoms with E-state index in [9.17, 15) is 4.79 Å². The van der Waals surface area contributed by atoms with Crippen molar-refractivity contribution in [1.29, 1.82) is 0 Å². The van der Waals surface area contributed by atoms with E-state index < -0.39 is 0 Å². The Morgan fingerprint density at radius 1 is 1.06 bits per heavy atom. The monoisotopic (exact) mass is 244 g/mol. The lowest BCUT2D eigenvalue weighted by molar-refractivity contribution is -0.146. The molecule has 0 aliphatic rings. The van der Waals surface area contributed by atoms with Gasteiger partial charge < -0.3 is 9.47 Å². The molecule has 3 heteroatoms. The second kappa shape index (κ2) is 9.46. The number of ether oxygens (including phenoxy) is 2. The number of carbonyl (C=O) groups excluding carboxylic acids is 1. The Morgan fingerprint density at radius 3 is 2.00 bits per heavy atom. The predicted molar refractivity (Wildman–Crippen MR) is 69.9 cm³/mol. The number of methoxy groups -OCH3 is 1. The van der Waals surface area contributed by atoms with Gasteiger partial charge in [0.15, 0.2) is 0 Å². The van der Waals surface area contributed by atoms with E-state index in [0.29, 0.717) is 37.4 Å². The van der Waals surface area contributed by atoms with Crippen LogP contribution >= 0.6 is 0 Å². The first-order valence-electron chi connectivity index (χ1n) is 6.60. The fourth-order valence-electron chi connectivity index (χ4n) is 2.03. The Hall–Kier alpha value is -0.570. The number of esters is 1. The van der Waals surface area contributed by atoms with Gasteiger partial charge in [-0.1, -0.05) is 27.7 Å². The van der Waals surface area contributed by atoms with Gasteiger partial charge >= 0.3 is 5.97 Å². The van der Waals surface area contributed by atoms with Crippen LogP contribution < -0.4 is 0 Å². The summed E-state index contributed by atoms with van der Waals surface area (Å²) in [7, 11) is 1.59. The summed E-state index contributed by atoms with van der Waals surface area (Å²) in [5.41, 5.74) is 0. The minimum Gasteiger partial charge on any atom is -0.465 e. The highest BCUT2D eigenvalue weighted by molar-refractivity contribution is 5.69. The summed E-state index contributed by atoms with van der Waals surface area (Å²) in [6.45, 7) is 9.83. The summed E-state index contributed by atoms with van der Waals surface area (Å²) in [5.74, 6) is 1.64. The third-order valence-corrected chi connectivity index (χ3v) is 2.60. The molecule has 0 amide bonds. The molecule has 0 saturated heterocycles. The smallest absolute Gasteiger partial charge is 0.308 e. The maximum Gasteiger partial charge on any atom is 0.308 e. The zero-order chi connectivity index (χ0) is 13.3. The summed E-state index contributed by atoms with van der Waals surface area (Å²) >= 11 is 0. The molecule has 0 heterocycles. The highest BCUT2D eigenvalue weighted by Crippen LogP contribution is 2.20. The molecule has 0 rings (SSSR count). The Balaban J connectivity index is 3.93. The molecule has 0 atom stereocenters. The molecule has 0 aliphatic carbocycles. The van der Waals surface area contributed by atoms with Gasteiger partial charge in [-0.05, 0) is 30.6 Å². The van der Waals surface area contributed by atoms with Gasteiger partial charge in [-0.3, -0.25) is 4.79 Å². The standard InChI is InChI=1S/C14H28O3/c1-11(2)8-13(9-12(3)4)10-17-14(15)6-7-16-5/h11-13H,6-10H2,1-5H3. The lowest BCUT2D eigenvalue weighted by Crippen LogP contribution is -2.18. The number of hydrogen-bond acceptors (Lipinski definition) is 3. The molecular formula is C14H28O3. The van der Waals surface area contributed by atoms with Crippen LogP contribution in [0.2, 0.25) is 0 Å². The van der Waals surface area contributed by atoms with E-state index in [1.165, 1.54) is 0 Å². The lowest BCUT2D eigenvalue weighted by Gasteiger charge is -2.20. The fourth-order valence-corrected chi connectivity index (χ4v) is 2.03. The van der Waals surface area contributed by atoms with Gasteiger partial charge in [-0.15, -0.1) is 0 Å². The number of rotatable bonds is 9. The number of hydrogen-bond donors (Lipinski definition) is 0. The highest BCUT2D eigenvalue weighted by atomic mass is 16.5. The Bertz CT molecular complexity index is 190. The average molecular weight is 244 g/mol. The summed E-state index contributed by atoms with van der Waals surface area (Å²) in [6, 6.07) is 0. The third kappa shape index (κ3) is 10.3. The average Bonchev–Trinajstić information content (AvgIpc) is 2.21. The minimum absolute atomic E-state index is 0.149. The maximum atomic E-state index is 11.4.